The molecule has 2 N–H and O–H groups in total. The standard InChI is InChI=1S/C15H19N3O/c1-2-15(19-11-1)13-18-9-7-17(8-10-18)12-14-3-5-16-6-4-14/h1-6,11H,7-10,12-13H2/p+2. The third-order valence-electron chi connectivity index (χ3n) is 3.87. The van der Waals surface area contributed by atoms with Crippen molar-refractivity contribution < 1.29 is 14.2 Å². The zero-order valence-electron chi connectivity index (χ0n) is 11.1. The Bertz CT molecular complexity index is 475. The molecule has 0 spiro atoms. The number of nitrogens with one attached hydrogen (secondary N) is 2. The summed E-state index contributed by atoms with van der Waals surface area (Å²) in [4.78, 5) is 7.38. The van der Waals surface area contributed by atoms with Gasteiger partial charge in [0.2, 0.25) is 0 Å². The van der Waals surface area contributed by atoms with Gasteiger partial charge in [-0.3, -0.25) is 4.98 Å². The minimum absolute atomic E-state index is 1.02. The van der Waals surface area contributed by atoms with Crippen LogP contribution >= 0.6 is 0 Å². The Kier molecular flexibility index (Phi) is 3.91. The van der Waals surface area contributed by atoms with Crippen molar-refractivity contribution in [3.05, 3.63) is 54.2 Å². The SMILES string of the molecule is c1coc(C[NH+]2CC[NH+](Cc3ccncc3)CC2)c1. The number of furan rings is 1. The molecular weight excluding hydrogens is 238 g/mol. The Hall–Kier alpha value is -1.65. The first-order chi connectivity index (χ1) is 9.40. The fraction of sp³-hybridized carbons (Fsp3) is 0.400. The number of rotatable bonds is 4. The number of aromatic nitrogens is 1. The number of hydrogen-bond donors (Lipinski definition) is 2. The predicted octanol–water partition coefficient (Wildman–Crippen LogP) is -0.842. The Morgan fingerprint density at radius 1 is 0.947 bits per heavy atom. The summed E-state index contributed by atoms with van der Waals surface area (Å²) >= 11 is 0. The predicted molar refractivity (Wildman–Crippen MR) is 71.7 cm³/mol. The summed E-state index contributed by atoms with van der Waals surface area (Å²) in [6.07, 6.45) is 5.53. The molecule has 1 fully saturated rings. The van der Waals surface area contributed by atoms with Crippen LogP contribution in [0.2, 0.25) is 0 Å². The van der Waals surface area contributed by atoms with E-state index in [4.69, 9.17) is 4.42 Å². The molecule has 0 aromatic carbocycles. The van der Waals surface area contributed by atoms with Crippen LogP contribution in [-0.2, 0) is 13.1 Å². The van der Waals surface area contributed by atoms with Gasteiger partial charge in [-0.2, -0.15) is 0 Å². The maximum Gasteiger partial charge on any atom is 0.157 e. The second-order valence-corrected chi connectivity index (χ2v) is 5.29. The summed E-state index contributed by atoms with van der Waals surface area (Å²) in [6.45, 7) is 7.06. The van der Waals surface area contributed by atoms with E-state index in [1.807, 2.05) is 18.5 Å². The number of piperazine rings is 1. The van der Waals surface area contributed by atoms with Gasteiger partial charge in [0, 0.05) is 18.0 Å². The van der Waals surface area contributed by atoms with Gasteiger partial charge < -0.3 is 14.2 Å². The topological polar surface area (TPSA) is 34.9 Å². The molecule has 100 valence electrons. The molecule has 0 amide bonds. The smallest absolute Gasteiger partial charge is 0.157 e. The molecule has 0 bridgehead atoms. The van der Waals surface area contributed by atoms with Crippen molar-refractivity contribution in [1.82, 2.24) is 4.98 Å². The maximum absolute atomic E-state index is 5.42. The highest BCUT2D eigenvalue weighted by Crippen LogP contribution is 1.96. The van der Waals surface area contributed by atoms with Crippen molar-refractivity contribution in [2.24, 2.45) is 0 Å². The molecule has 1 aliphatic heterocycles. The minimum atomic E-state index is 1.02. The van der Waals surface area contributed by atoms with Crippen molar-refractivity contribution in [3.8, 4) is 0 Å². The van der Waals surface area contributed by atoms with Crippen LogP contribution in [0.15, 0.2) is 47.3 Å². The summed E-state index contributed by atoms with van der Waals surface area (Å²) in [7, 11) is 0. The van der Waals surface area contributed by atoms with Crippen molar-refractivity contribution >= 4 is 0 Å². The number of pyridine rings is 1. The lowest BCUT2D eigenvalue weighted by Crippen LogP contribution is -3.27. The van der Waals surface area contributed by atoms with Crippen LogP contribution in [-0.4, -0.2) is 31.2 Å². The second kappa shape index (κ2) is 5.99. The van der Waals surface area contributed by atoms with E-state index in [-0.39, 0.29) is 0 Å². The quantitative estimate of drug-likeness (QED) is 0.751. The van der Waals surface area contributed by atoms with Gasteiger partial charge in [-0.1, -0.05) is 0 Å². The molecule has 0 radical (unpaired) electrons. The van der Waals surface area contributed by atoms with Gasteiger partial charge in [-0.15, -0.1) is 0 Å². The molecule has 2 aromatic heterocycles. The summed E-state index contributed by atoms with van der Waals surface area (Å²) in [6, 6.07) is 8.28. The maximum atomic E-state index is 5.42. The molecule has 4 heteroatoms. The van der Waals surface area contributed by atoms with Gasteiger partial charge in [0.1, 0.15) is 39.3 Å². The van der Waals surface area contributed by atoms with Crippen molar-refractivity contribution in [3.63, 3.8) is 0 Å². The molecule has 1 saturated heterocycles. The zero-order valence-corrected chi connectivity index (χ0v) is 11.1. The molecule has 3 heterocycles. The van der Waals surface area contributed by atoms with Crippen LogP contribution in [0.1, 0.15) is 11.3 Å². The van der Waals surface area contributed by atoms with E-state index in [9.17, 15) is 0 Å². The van der Waals surface area contributed by atoms with Crippen LogP contribution in [0.25, 0.3) is 0 Å². The lowest BCUT2D eigenvalue weighted by molar-refractivity contribution is -1.02. The second-order valence-electron chi connectivity index (χ2n) is 5.29. The highest BCUT2D eigenvalue weighted by Gasteiger charge is 2.23. The number of nitrogens with zero attached hydrogens (tertiary/aromatic N) is 1. The van der Waals surface area contributed by atoms with Gasteiger partial charge in [-0.25, -0.2) is 0 Å². The van der Waals surface area contributed by atoms with E-state index in [0.717, 1.165) is 18.8 Å². The summed E-state index contributed by atoms with van der Waals surface area (Å²) in [5.74, 6) is 1.10. The normalized spacial score (nSPS) is 23.4. The summed E-state index contributed by atoms with van der Waals surface area (Å²) in [5, 5.41) is 0. The highest BCUT2D eigenvalue weighted by atomic mass is 16.3. The van der Waals surface area contributed by atoms with E-state index < -0.39 is 0 Å². The van der Waals surface area contributed by atoms with Gasteiger partial charge >= 0.3 is 0 Å². The van der Waals surface area contributed by atoms with Crippen molar-refractivity contribution in [2.45, 2.75) is 13.1 Å². The van der Waals surface area contributed by atoms with E-state index >= 15 is 0 Å². The third kappa shape index (κ3) is 3.43. The summed E-state index contributed by atoms with van der Waals surface area (Å²) in [5.41, 5.74) is 1.39. The molecule has 0 saturated carbocycles. The monoisotopic (exact) mass is 259 g/mol. The third-order valence-corrected chi connectivity index (χ3v) is 3.87. The molecular formula is C15H21N3O+2. The average Bonchev–Trinajstić information content (AvgIpc) is 2.95. The van der Waals surface area contributed by atoms with Crippen LogP contribution in [0.5, 0.6) is 0 Å². The fourth-order valence-corrected chi connectivity index (χ4v) is 2.76. The van der Waals surface area contributed by atoms with Crippen LogP contribution < -0.4 is 9.80 Å². The van der Waals surface area contributed by atoms with E-state index in [1.165, 1.54) is 31.7 Å². The number of hydrogen-bond acceptors (Lipinski definition) is 2. The van der Waals surface area contributed by atoms with E-state index in [2.05, 4.69) is 23.2 Å². The van der Waals surface area contributed by atoms with Gasteiger partial charge in [0.15, 0.2) is 5.76 Å². The highest BCUT2D eigenvalue weighted by molar-refractivity contribution is 5.07. The Labute approximate surface area is 113 Å². The first kappa shape index (κ1) is 12.4. The molecule has 0 unspecified atom stereocenters. The largest absolute Gasteiger partial charge is 0.463 e. The minimum Gasteiger partial charge on any atom is -0.463 e. The Balaban J connectivity index is 1.47. The fourth-order valence-electron chi connectivity index (χ4n) is 2.76. The molecule has 1 aliphatic rings. The zero-order chi connectivity index (χ0) is 12.9. The lowest BCUT2D eigenvalue weighted by Gasteiger charge is -2.29. The molecule has 2 aromatic rings. The van der Waals surface area contributed by atoms with Crippen molar-refractivity contribution in [1.29, 1.82) is 0 Å². The Morgan fingerprint density at radius 3 is 2.26 bits per heavy atom. The molecule has 19 heavy (non-hydrogen) atoms. The first-order valence-corrected chi connectivity index (χ1v) is 6.98. The number of quaternary nitrogens is 2. The van der Waals surface area contributed by atoms with Crippen LogP contribution in [0.3, 0.4) is 0 Å². The van der Waals surface area contributed by atoms with Crippen molar-refractivity contribution in [2.75, 3.05) is 26.2 Å². The first-order valence-electron chi connectivity index (χ1n) is 6.98. The molecule has 3 rings (SSSR count). The molecule has 4 nitrogen and oxygen atoms in total. The molecule has 0 atom stereocenters. The van der Waals surface area contributed by atoms with E-state index in [0.29, 0.717) is 0 Å². The lowest BCUT2D eigenvalue weighted by atomic mass is 10.2. The Morgan fingerprint density at radius 2 is 1.63 bits per heavy atom. The average molecular weight is 259 g/mol. The van der Waals surface area contributed by atoms with Gasteiger partial charge in [0.05, 0.1) is 6.26 Å². The van der Waals surface area contributed by atoms with Gasteiger partial charge in [-0.05, 0) is 24.3 Å². The van der Waals surface area contributed by atoms with E-state index in [1.54, 1.807) is 16.1 Å². The molecule has 0 aliphatic carbocycles. The summed E-state index contributed by atoms with van der Waals surface area (Å²) < 4.78 is 5.42. The van der Waals surface area contributed by atoms with Crippen LogP contribution in [0.4, 0.5) is 0 Å². The van der Waals surface area contributed by atoms with Gasteiger partial charge in [0.25, 0.3) is 0 Å². The van der Waals surface area contributed by atoms with Crippen LogP contribution in [0, 0.1) is 0 Å².